The number of hydrogen-bond acceptors (Lipinski definition) is 4. The molecule has 5 aliphatic carbocycles. The van der Waals surface area contributed by atoms with Gasteiger partial charge in [0.25, 0.3) is 0 Å². The zero-order valence-electron chi connectivity index (χ0n) is 17.3. The van der Waals surface area contributed by atoms with Gasteiger partial charge in [0.15, 0.2) is 0 Å². The zero-order valence-corrected chi connectivity index (χ0v) is 17.3. The van der Waals surface area contributed by atoms with Crippen LogP contribution < -0.4 is 4.74 Å². The van der Waals surface area contributed by atoms with E-state index in [4.69, 9.17) is 9.47 Å². The van der Waals surface area contributed by atoms with Crippen molar-refractivity contribution in [2.24, 2.45) is 17.3 Å². The number of ether oxygens (including phenoxy) is 2. The van der Waals surface area contributed by atoms with Gasteiger partial charge in [0.05, 0.1) is 17.4 Å². The Morgan fingerprint density at radius 2 is 2.17 bits per heavy atom. The molecule has 7 aliphatic rings. The van der Waals surface area contributed by atoms with Crippen molar-refractivity contribution in [3.8, 4) is 11.8 Å². The van der Waals surface area contributed by atoms with Crippen molar-refractivity contribution in [3.05, 3.63) is 41.0 Å². The third kappa shape index (κ3) is 1.65. The SMILES string of the molecule is CO[C@]12C=C[C@@]3(C[C@H]1C#N)[C@H]1Cc4ccc(C)c5c4[C@@]3(CCN1CC1CC1)[C@H]2O5. The highest BCUT2D eigenvalue weighted by molar-refractivity contribution is 5.63. The average Bonchev–Trinajstić information content (AvgIpc) is 3.48. The summed E-state index contributed by atoms with van der Waals surface area (Å²) in [5, 5.41) is 10.2. The van der Waals surface area contributed by atoms with Crippen molar-refractivity contribution in [1.29, 1.82) is 5.26 Å². The maximum absolute atomic E-state index is 10.2. The Bertz CT molecular complexity index is 1010. The molecule has 150 valence electrons. The molecule has 8 rings (SSSR count). The number of fused-ring (bicyclic) bond motifs is 1. The van der Waals surface area contributed by atoms with E-state index >= 15 is 0 Å². The fourth-order valence-electron chi connectivity index (χ4n) is 8.07. The van der Waals surface area contributed by atoms with Gasteiger partial charge in [-0.25, -0.2) is 0 Å². The molecule has 6 atom stereocenters. The van der Waals surface area contributed by atoms with E-state index in [0.717, 1.165) is 37.5 Å². The smallest absolute Gasteiger partial charge is 0.143 e. The standard InChI is InChI=1S/C25H28N2O2/c1-15-3-6-17-11-19-23-7-8-25(28-2,18(12-23)13-26)22-24(23,20(17)21(15)29-22)9-10-27(19)14-16-4-5-16/h3,6-8,16,18-19,22H,4-5,9-12,14H2,1-2H3/t18-,19+,22+,23+,24-,25+/m0/s1. The third-order valence-electron chi connectivity index (χ3n) is 9.48. The van der Waals surface area contributed by atoms with Crippen LogP contribution >= 0.6 is 0 Å². The van der Waals surface area contributed by atoms with E-state index in [1.165, 1.54) is 36.1 Å². The maximum atomic E-state index is 10.2. The molecule has 2 saturated carbocycles. The Kier molecular flexibility index (Phi) is 2.96. The fourth-order valence-corrected chi connectivity index (χ4v) is 8.07. The molecule has 1 aromatic carbocycles. The molecule has 0 unspecified atom stereocenters. The molecule has 4 bridgehead atoms. The van der Waals surface area contributed by atoms with Crippen LogP contribution in [-0.4, -0.2) is 42.8 Å². The van der Waals surface area contributed by atoms with Gasteiger partial charge in [-0.1, -0.05) is 24.3 Å². The average molecular weight is 389 g/mol. The lowest BCUT2D eigenvalue weighted by molar-refractivity contribution is -0.205. The summed E-state index contributed by atoms with van der Waals surface area (Å²) < 4.78 is 13.1. The molecule has 0 N–H and O–H groups in total. The van der Waals surface area contributed by atoms with Crippen LogP contribution in [0.15, 0.2) is 24.3 Å². The number of nitrogens with zero attached hydrogens (tertiary/aromatic N) is 2. The highest BCUT2D eigenvalue weighted by Gasteiger charge is 2.79. The van der Waals surface area contributed by atoms with Gasteiger partial charge in [-0.2, -0.15) is 5.26 Å². The maximum Gasteiger partial charge on any atom is 0.143 e. The topological polar surface area (TPSA) is 45.5 Å². The monoisotopic (exact) mass is 388 g/mol. The van der Waals surface area contributed by atoms with Crippen LogP contribution in [-0.2, 0) is 16.6 Å². The first kappa shape index (κ1) is 16.9. The van der Waals surface area contributed by atoms with E-state index in [0.29, 0.717) is 6.04 Å². The summed E-state index contributed by atoms with van der Waals surface area (Å²) >= 11 is 0. The predicted molar refractivity (Wildman–Crippen MR) is 109 cm³/mol. The van der Waals surface area contributed by atoms with Crippen LogP contribution in [0.2, 0.25) is 0 Å². The Balaban J connectivity index is 1.52. The molecular formula is C25H28N2O2. The van der Waals surface area contributed by atoms with Crippen molar-refractivity contribution in [3.63, 3.8) is 0 Å². The molecule has 2 aliphatic heterocycles. The van der Waals surface area contributed by atoms with Crippen molar-refractivity contribution in [2.75, 3.05) is 20.2 Å². The van der Waals surface area contributed by atoms with Gasteiger partial charge in [0.1, 0.15) is 17.5 Å². The summed E-state index contributed by atoms with van der Waals surface area (Å²) in [6.07, 6.45) is 10.5. The van der Waals surface area contributed by atoms with Crippen molar-refractivity contribution in [1.82, 2.24) is 4.90 Å². The number of aryl methyl sites for hydroxylation is 1. The minimum Gasteiger partial charge on any atom is -0.485 e. The minimum atomic E-state index is -0.639. The van der Waals surface area contributed by atoms with E-state index in [1.807, 2.05) is 0 Å². The molecule has 2 spiro atoms. The molecule has 4 nitrogen and oxygen atoms in total. The molecule has 1 aromatic rings. The second kappa shape index (κ2) is 5.07. The Labute approximate surface area is 172 Å². The van der Waals surface area contributed by atoms with E-state index in [2.05, 4.69) is 42.2 Å². The number of piperidine rings is 1. The molecule has 2 heterocycles. The highest BCUT2D eigenvalue weighted by atomic mass is 16.6. The number of rotatable bonds is 3. The van der Waals surface area contributed by atoms with Gasteiger partial charge in [-0.05, 0) is 62.6 Å². The van der Waals surface area contributed by atoms with E-state index in [1.54, 1.807) is 7.11 Å². The molecule has 0 radical (unpaired) electrons. The molecule has 4 heteroatoms. The van der Waals surface area contributed by atoms with Crippen LogP contribution in [0.4, 0.5) is 0 Å². The molecular weight excluding hydrogens is 360 g/mol. The van der Waals surface area contributed by atoms with Crippen molar-refractivity contribution >= 4 is 0 Å². The summed E-state index contributed by atoms with van der Waals surface area (Å²) in [6.45, 7) is 4.53. The van der Waals surface area contributed by atoms with Crippen LogP contribution in [0.25, 0.3) is 0 Å². The van der Waals surface area contributed by atoms with Gasteiger partial charge < -0.3 is 9.47 Å². The molecule has 0 aromatic heterocycles. The summed E-state index contributed by atoms with van der Waals surface area (Å²) in [7, 11) is 1.77. The summed E-state index contributed by atoms with van der Waals surface area (Å²) in [4.78, 5) is 2.78. The van der Waals surface area contributed by atoms with Crippen molar-refractivity contribution in [2.45, 2.75) is 62.2 Å². The normalized spacial score (nSPS) is 45.6. The van der Waals surface area contributed by atoms with Gasteiger partial charge in [0.2, 0.25) is 0 Å². The summed E-state index contributed by atoms with van der Waals surface area (Å²) in [6, 6.07) is 7.69. The van der Waals surface area contributed by atoms with Gasteiger partial charge in [-0.15, -0.1) is 0 Å². The first-order chi connectivity index (χ1) is 14.1. The number of methoxy groups -OCH3 is 1. The molecule has 1 saturated heterocycles. The minimum absolute atomic E-state index is 0.0163. The summed E-state index contributed by atoms with van der Waals surface area (Å²) in [5.74, 6) is 1.82. The van der Waals surface area contributed by atoms with Gasteiger partial charge in [-0.3, -0.25) is 4.90 Å². The Morgan fingerprint density at radius 1 is 1.31 bits per heavy atom. The molecule has 0 amide bonds. The lowest BCUT2D eigenvalue weighted by Gasteiger charge is -2.70. The lowest BCUT2D eigenvalue weighted by atomic mass is 9.37. The predicted octanol–water partition coefficient (Wildman–Crippen LogP) is 3.52. The van der Waals surface area contributed by atoms with Gasteiger partial charge >= 0.3 is 0 Å². The second-order valence-electron chi connectivity index (χ2n) is 10.4. The highest BCUT2D eigenvalue weighted by Crippen LogP contribution is 2.74. The Hall–Kier alpha value is -1.83. The van der Waals surface area contributed by atoms with Crippen LogP contribution in [0.1, 0.15) is 42.4 Å². The first-order valence-corrected chi connectivity index (χ1v) is 11.3. The first-order valence-electron chi connectivity index (χ1n) is 11.3. The number of benzene rings is 1. The summed E-state index contributed by atoms with van der Waals surface area (Å²) in [5.41, 5.74) is 3.46. The van der Waals surface area contributed by atoms with E-state index in [-0.39, 0.29) is 22.9 Å². The lowest BCUT2D eigenvalue weighted by Crippen LogP contribution is -2.79. The van der Waals surface area contributed by atoms with Crippen molar-refractivity contribution < 1.29 is 9.47 Å². The van der Waals surface area contributed by atoms with E-state index in [9.17, 15) is 5.26 Å². The second-order valence-corrected chi connectivity index (χ2v) is 10.4. The number of hydrogen-bond donors (Lipinski definition) is 0. The van der Waals surface area contributed by atoms with Gasteiger partial charge in [0, 0.05) is 30.7 Å². The number of likely N-dealkylation sites (tertiary alicyclic amines) is 1. The van der Waals surface area contributed by atoms with Crippen LogP contribution in [0.5, 0.6) is 5.75 Å². The fraction of sp³-hybridized carbons (Fsp3) is 0.640. The third-order valence-corrected chi connectivity index (χ3v) is 9.48. The number of nitriles is 1. The zero-order chi connectivity index (χ0) is 19.6. The van der Waals surface area contributed by atoms with Crippen LogP contribution in [0.3, 0.4) is 0 Å². The largest absolute Gasteiger partial charge is 0.485 e. The van der Waals surface area contributed by atoms with Crippen LogP contribution in [0, 0.1) is 35.5 Å². The molecule has 29 heavy (non-hydrogen) atoms. The Morgan fingerprint density at radius 3 is 2.93 bits per heavy atom. The quantitative estimate of drug-likeness (QED) is 0.744. The molecule has 3 fully saturated rings. The van der Waals surface area contributed by atoms with E-state index < -0.39 is 5.60 Å².